The van der Waals surface area contributed by atoms with Crippen molar-refractivity contribution in [3.63, 3.8) is 0 Å². The third-order valence-electron chi connectivity index (χ3n) is 1.89. The lowest BCUT2D eigenvalue weighted by molar-refractivity contribution is -0.117. The molecule has 0 aromatic carbocycles. The number of aromatic nitrogens is 2. The number of anilines is 1. The smallest absolute Gasteiger partial charge is 0.244 e. The first-order chi connectivity index (χ1) is 7.52. The van der Waals surface area contributed by atoms with Crippen molar-refractivity contribution >= 4 is 11.9 Å². The Hall–Kier alpha value is -1.93. The Balaban J connectivity index is 2.73. The molecule has 84 valence electrons. The average molecular weight is 218 g/mol. The maximum atomic E-state index is 11.5. The summed E-state index contributed by atoms with van der Waals surface area (Å²) < 4.78 is 0. The molecule has 0 aliphatic rings. The number of aryl methyl sites for hydroxylation is 2. The topological polar surface area (TPSA) is 80.9 Å². The van der Waals surface area contributed by atoms with Gasteiger partial charge in [-0.15, -0.1) is 12.3 Å². The minimum absolute atomic E-state index is 0.191. The van der Waals surface area contributed by atoms with E-state index in [-0.39, 0.29) is 18.3 Å². The fourth-order valence-corrected chi connectivity index (χ4v) is 1.20. The second-order valence-electron chi connectivity index (χ2n) is 3.48. The lowest BCUT2D eigenvalue weighted by Gasteiger charge is -2.09. The minimum Gasteiger partial charge on any atom is -0.319 e. The fourth-order valence-electron chi connectivity index (χ4n) is 1.20. The molecule has 1 rings (SSSR count). The Morgan fingerprint density at radius 1 is 1.56 bits per heavy atom. The zero-order chi connectivity index (χ0) is 12.1. The summed E-state index contributed by atoms with van der Waals surface area (Å²) in [5, 5.41) is 2.53. The molecule has 0 saturated heterocycles. The van der Waals surface area contributed by atoms with Gasteiger partial charge in [0, 0.05) is 17.8 Å². The van der Waals surface area contributed by atoms with E-state index in [1.165, 1.54) is 0 Å². The molecule has 1 heterocycles. The van der Waals surface area contributed by atoms with Crippen molar-refractivity contribution in [2.75, 3.05) is 5.32 Å². The molecular weight excluding hydrogens is 204 g/mol. The molecule has 1 amide bonds. The first-order valence-electron chi connectivity index (χ1n) is 4.85. The Bertz CT molecular complexity index is 416. The van der Waals surface area contributed by atoms with Crippen LogP contribution in [0.3, 0.4) is 0 Å². The summed E-state index contributed by atoms with van der Waals surface area (Å²) in [6.07, 6.45) is 5.26. The van der Waals surface area contributed by atoms with E-state index in [1.54, 1.807) is 0 Å². The maximum Gasteiger partial charge on any atom is 0.244 e. The van der Waals surface area contributed by atoms with Crippen molar-refractivity contribution in [3.05, 3.63) is 17.5 Å². The molecule has 0 aliphatic carbocycles. The quantitative estimate of drug-likeness (QED) is 0.719. The van der Waals surface area contributed by atoms with Crippen molar-refractivity contribution in [1.29, 1.82) is 0 Å². The van der Waals surface area contributed by atoms with Crippen LogP contribution in [0, 0.1) is 26.2 Å². The summed E-state index contributed by atoms with van der Waals surface area (Å²) in [5.74, 6) is 2.22. The van der Waals surface area contributed by atoms with Crippen molar-refractivity contribution < 1.29 is 4.79 Å². The molecule has 0 saturated carbocycles. The number of nitrogens with two attached hydrogens (primary N) is 1. The summed E-state index contributed by atoms with van der Waals surface area (Å²) in [6, 6.07) is 1.09. The highest BCUT2D eigenvalue weighted by Crippen LogP contribution is 2.04. The van der Waals surface area contributed by atoms with Gasteiger partial charge in [0.1, 0.15) is 0 Å². The number of nitrogens with one attached hydrogen (secondary N) is 1. The number of carbonyl (C=O) groups is 1. The number of hydrogen-bond acceptors (Lipinski definition) is 4. The molecular formula is C11H14N4O. The van der Waals surface area contributed by atoms with Gasteiger partial charge in [-0.1, -0.05) is 0 Å². The third-order valence-corrected chi connectivity index (χ3v) is 1.89. The van der Waals surface area contributed by atoms with E-state index in [1.807, 2.05) is 19.9 Å². The Labute approximate surface area is 94.5 Å². The molecule has 0 bridgehead atoms. The van der Waals surface area contributed by atoms with E-state index in [9.17, 15) is 4.79 Å². The number of hydrogen-bond donors (Lipinski definition) is 2. The Morgan fingerprint density at radius 2 is 2.12 bits per heavy atom. The largest absolute Gasteiger partial charge is 0.319 e. The fraction of sp³-hybridized carbons (Fsp3) is 0.364. The number of terminal acetylenes is 1. The van der Waals surface area contributed by atoms with E-state index in [2.05, 4.69) is 21.2 Å². The first-order valence-corrected chi connectivity index (χ1v) is 4.85. The summed E-state index contributed by atoms with van der Waals surface area (Å²) in [4.78, 5) is 19.6. The Morgan fingerprint density at radius 3 is 2.62 bits per heavy atom. The monoisotopic (exact) mass is 218 g/mol. The SMILES string of the molecule is C#CCC(N)C(=O)Nc1nc(C)cc(C)n1. The summed E-state index contributed by atoms with van der Waals surface area (Å²) >= 11 is 0. The van der Waals surface area contributed by atoms with Crippen molar-refractivity contribution in [3.8, 4) is 12.3 Å². The predicted octanol–water partition coefficient (Wildman–Crippen LogP) is 0.383. The lowest BCUT2D eigenvalue weighted by Crippen LogP contribution is -2.35. The molecule has 1 aromatic heterocycles. The number of nitrogens with zero attached hydrogens (tertiary/aromatic N) is 2. The second kappa shape index (κ2) is 5.24. The molecule has 5 heteroatoms. The highest BCUT2D eigenvalue weighted by atomic mass is 16.2. The van der Waals surface area contributed by atoms with Crippen LogP contribution >= 0.6 is 0 Å². The van der Waals surface area contributed by atoms with E-state index in [0.717, 1.165) is 11.4 Å². The van der Waals surface area contributed by atoms with Crippen LogP contribution in [0.2, 0.25) is 0 Å². The van der Waals surface area contributed by atoms with Crippen LogP contribution in [-0.4, -0.2) is 21.9 Å². The number of carbonyl (C=O) groups excluding carboxylic acids is 1. The molecule has 1 aromatic rings. The van der Waals surface area contributed by atoms with E-state index >= 15 is 0 Å². The molecule has 0 radical (unpaired) electrons. The number of rotatable bonds is 3. The molecule has 5 nitrogen and oxygen atoms in total. The van der Waals surface area contributed by atoms with Gasteiger partial charge in [0.15, 0.2) is 0 Å². The normalized spacial score (nSPS) is 11.6. The minimum atomic E-state index is -0.727. The van der Waals surface area contributed by atoms with Crippen molar-refractivity contribution in [2.24, 2.45) is 5.73 Å². The van der Waals surface area contributed by atoms with Crippen molar-refractivity contribution in [1.82, 2.24) is 9.97 Å². The highest BCUT2D eigenvalue weighted by Gasteiger charge is 2.13. The molecule has 1 atom stereocenters. The molecule has 0 spiro atoms. The second-order valence-corrected chi connectivity index (χ2v) is 3.48. The van der Waals surface area contributed by atoms with Crippen LogP contribution in [0.25, 0.3) is 0 Å². The molecule has 3 N–H and O–H groups in total. The molecule has 0 fully saturated rings. The molecule has 0 aliphatic heterocycles. The van der Waals surface area contributed by atoms with Crippen LogP contribution in [0.1, 0.15) is 17.8 Å². The van der Waals surface area contributed by atoms with Crippen molar-refractivity contribution in [2.45, 2.75) is 26.3 Å². The van der Waals surface area contributed by atoms with Crippen LogP contribution < -0.4 is 11.1 Å². The van der Waals surface area contributed by atoms with Gasteiger partial charge in [-0.3, -0.25) is 10.1 Å². The van der Waals surface area contributed by atoms with Crippen LogP contribution in [0.5, 0.6) is 0 Å². The molecule has 1 unspecified atom stereocenters. The van der Waals surface area contributed by atoms with Gasteiger partial charge in [-0.25, -0.2) is 9.97 Å². The third kappa shape index (κ3) is 3.33. The molecule has 16 heavy (non-hydrogen) atoms. The average Bonchev–Trinajstić information content (AvgIpc) is 2.16. The zero-order valence-corrected chi connectivity index (χ0v) is 9.32. The van der Waals surface area contributed by atoms with Gasteiger partial charge in [0.2, 0.25) is 11.9 Å². The van der Waals surface area contributed by atoms with Gasteiger partial charge in [-0.05, 0) is 19.9 Å². The summed E-state index contributed by atoms with van der Waals surface area (Å²) in [5.41, 5.74) is 7.11. The van der Waals surface area contributed by atoms with E-state index in [0.29, 0.717) is 0 Å². The summed E-state index contributed by atoms with van der Waals surface area (Å²) in [6.45, 7) is 3.65. The van der Waals surface area contributed by atoms with E-state index in [4.69, 9.17) is 12.2 Å². The van der Waals surface area contributed by atoms with Crippen LogP contribution in [-0.2, 0) is 4.79 Å². The highest BCUT2D eigenvalue weighted by molar-refractivity contribution is 5.93. The van der Waals surface area contributed by atoms with Gasteiger partial charge in [0.25, 0.3) is 0 Å². The van der Waals surface area contributed by atoms with Crippen LogP contribution in [0.4, 0.5) is 5.95 Å². The van der Waals surface area contributed by atoms with Gasteiger partial charge in [0.05, 0.1) is 6.04 Å². The van der Waals surface area contributed by atoms with Gasteiger partial charge < -0.3 is 5.73 Å². The Kier molecular flexibility index (Phi) is 3.97. The lowest BCUT2D eigenvalue weighted by atomic mass is 10.2. The first kappa shape index (κ1) is 12.1. The standard InChI is InChI=1S/C11H14N4O/c1-4-5-9(12)10(16)15-11-13-7(2)6-8(3)14-11/h1,6,9H,5,12H2,2-3H3,(H,13,14,15,16). The predicted molar refractivity (Wildman–Crippen MR) is 61.6 cm³/mol. The van der Waals surface area contributed by atoms with E-state index < -0.39 is 6.04 Å². The van der Waals surface area contributed by atoms with Gasteiger partial charge in [-0.2, -0.15) is 0 Å². The number of amides is 1. The maximum absolute atomic E-state index is 11.5. The van der Waals surface area contributed by atoms with Crippen LogP contribution in [0.15, 0.2) is 6.07 Å². The summed E-state index contributed by atoms with van der Waals surface area (Å²) in [7, 11) is 0. The zero-order valence-electron chi connectivity index (χ0n) is 9.32. The van der Waals surface area contributed by atoms with Gasteiger partial charge >= 0.3 is 0 Å².